The number of hydrogen-bond donors (Lipinski definition) is 0. The third-order valence-electron chi connectivity index (χ3n) is 0.407. The molecule has 0 fully saturated rings. The predicted octanol–water partition coefficient (Wildman–Crippen LogP) is 1.38. The Bertz CT molecular complexity index is 80.6. The molecule has 40 valence electrons. The van der Waals surface area contributed by atoms with E-state index in [1.54, 1.807) is 6.08 Å². The molecule has 0 aliphatic heterocycles. The molecule has 0 aliphatic rings. The maximum Gasteiger partial charge on any atom is 0.0649 e. The van der Waals surface area contributed by atoms with E-state index in [0.717, 1.165) is 0 Å². The van der Waals surface area contributed by atoms with Gasteiger partial charge in [0.15, 0.2) is 0 Å². The molecule has 0 aromatic heterocycles. The maximum absolute atomic E-state index is 6.94. The minimum absolute atomic E-state index is 0.417. The molecule has 0 saturated carbocycles. The van der Waals surface area contributed by atoms with Gasteiger partial charge in [0, 0.05) is 0 Å². The van der Waals surface area contributed by atoms with Crippen molar-refractivity contribution in [2.45, 2.75) is 0 Å². The standard InChI is InChI=1S/C6H10O/c1-3-5-7-6-4-2/h3-4H,1-2,5-6H2/i5D. The molecule has 0 saturated heterocycles. The van der Waals surface area contributed by atoms with Gasteiger partial charge in [-0.15, -0.1) is 13.2 Å². The van der Waals surface area contributed by atoms with Gasteiger partial charge in [-0.05, 0) is 0 Å². The molecule has 1 nitrogen and oxygen atoms in total. The third-order valence-corrected chi connectivity index (χ3v) is 0.407. The van der Waals surface area contributed by atoms with Crippen LogP contribution in [0.15, 0.2) is 25.3 Å². The van der Waals surface area contributed by atoms with Gasteiger partial charge in [0.25, 0.3) is 0 Å². The summed E-state index contributed by atoms with van der Waals surface area (Å²) in [5.74, 6) is 0. The highest BCUT2D eigenvalue weighted by atomic mass is 16.5. The lowest BCUT2D eigenvalue weighted by atomic mass is 10.6. The van der Waals surface area contributed by atoms with Crippen molar-refractivity contribution in [2.24, 2.45) is 0 Å². The number of hydrogen-bond acceptors (Lipinski definition) is 1. The number of rotatable bonds is 4. The summed E-state index contributed by atoms with van der Waals surface area (Å²) in [6, 6.07) is 0. The van der Waals surface area contributed by atoms with Gasteiger partial charge >= 0.3 is 0 Å². The molecule has 0 heterocycles. The molecule has 0 rings (SSSR count). The monoisotopic (exact) mass is 99.1 g/mol. The fourth-order valence-corrected chi connectivity index (χ4v) is 0.192. The average Bonchev–Trinajstić information content (AvgIpc) is 1.83. The quantitative estimate of drug-likeness (QED) is 0.484. The van der Waals surface area contributed by atoms with Crippen LogP contribution >= 0.6 is 0 Å². The van der Waals surface area contributed by atoms with Crippen LogP contribution in [0.3, 0.4) is 0 Å². The Labute approximate surface area is 45.7 Å². The fourth-order valence-electron chi connectivity index (χ4n) is 0.192. The Balaban J connectivity index is 3.09. The molecule has 7 heavy (non-hydrogen) atoms. The van der Waals surface area contributed by atoms with Crippen LogP contribution in [0.2, 0.25) is 0 Å². The van der Waals surface area contributed by atoms with Crippen molar-refractivity contribution in [3.8, 4) is 0 Å². The summed E-state index contributed by atoms with van der Waals surface area (Å²) < 4.78 is 11.7. The van der Waals surface area contributed by atoms with Crippen LogP contribution in [0.4, 0.5) is 0 Å². The molecule has 1 atom stereocenters. The lowest BCUT2D eigenvalue weighted by Gasteiger charge is -1.89. The van der Waals surface area contributed by atoms with E-state index in [0.29, 0.717) is 6.61 Å². The van der Waals surface area contributed by atoms with Crippen LogP contribution in [0.5, 0.6) is 0 Å². The Kier molecular flexibility index (Phi) is 3.57. The molecule has 0 radical (unpaired) electrons. The summed E-state index contributed by atoms with van der Waals surface area (Å²) in [7, 11) is 0. The van der Waals surface area contributed by atoms with Crippen molar-refractivity contribution in [1.82, 2.24) is 0 Å². The second-order valence-electron chi connectivity index (χ2n) is 0.994. The van der Waals surface area contributed by atoms with E-state index < -0.39 is 6.58 Å². The summed E-state index contributed by atoms with van der Waals surface area (Å²) in [5.41, 5.74) is 0. The van der Waals surface area contributed by atoms with Crippen LogP contribution in [0.1, 0.15) is 1.37 Å². The predicted molar refractivity (Wildman–Crippen MR) is 31.2 cm³/mol. The minimum atomic E-state index is -0.604. The van der Waals surface area contributed by atoms with Crippen molar-refractivity contribution in [3.63, 3.8) is 0 Å². The average molecular weight is 99.2 g/mol. The summed E-state index contributed by atoms with van der Waals surface area (Å²) in [6.07, 6.45) is 3.02. The second kappa shape index (κ2) is 5.44. The zero-order valence-corrected chi connectivity index (χ0v) is 4.26. The molecule has 0 aromatic rings. The molecule has 1 unspecified atom stereocenters. The van der Waals surface area contributed by atoms with E-state index in [2.05, 4.69) is 13.2 Å². The first-order chi connectivity index (χ1) is 3.81. The summed E-state index contributed by atoms with van der Waals surface area (Å²) >= 11 is 0. The van der Waals surface area contributed by atoms with Gasteiger partial charge in [-0.3, -0.25) is 0 Å². The largest absolute Gasteiger partial charge is 0.373 e. The zero-order chi connectivity index (χ0) is 6.41. The van der Waals surface area contributed by atoms with Gasteiger partial charge in [-0.25, -0.2) is 0 Å². The zero-order valence-electron chi connectivity index (χ0n) is 5.26. The molecular formula is C6H10O. The van der Waals surface area contributed by atoms with Crippen LogP contribution in [-0.4, -0.2) is 13.2 Å². The minimum Gasteiger partial charge on any atom is -0.373 e. The highest BCUT2D eigenvalue weighted by Gasteiger charge is 1.70. The molecule has 0 aromatic carbocycles. The normalized spacial score (nSPS) is 14.6. The van der Waals surface area contributed by atoms with E-state index in [9.17, 15) is 0 Å². The molecule has 0 aliphatic carbocycles. The van der Waals surface area contributed by atoms with Crippen molar-refractivity contribution in [2.75, 3.05) is 13.2 Å². The van der Waals surface area contributed by atoms with Crippen molar-refractivity contribution < 1.29 is 6.11 Å². The Hall–Kier alpha value is -0.560. The first-order valence-electron chi connectivity index (χ1n) is 2.66. The van der Waals surface area contributed by atoms with Gasteiger partial charge in [-0.1, -0.05) is 12.2 Å². The van der Waals surface area contributed by atoms with Crippen molar-refractivity contribution in [1.29, 1.82) is 0 Å². The van der Waals surface area contributed by atoms with Gasteiger partial charge < -0.3 is 4.74 Å². The smallest absolute Gasteiger partial charge is 0.0649 e. The van der Waals surface area contributed by atoms with E-state index in [1.807, 2.05) is 0 Å². The summed E-state index contributed by atoms with van der Waals surface area (Å²) in [6.45, 7) is 6.60. The van der Waals surface area contributed by atoms with Crippen molar-refractivity contribution in [3.05, 3.63) is 25.3 Å². The Morgan fingerprint density at radius 2 is 2.29 bits per heavy atom. The molecule has 0 bridgehead atoms. The van der Waals surface area contributed by atoms with Crippen LogP contribution in [0.25, 0.3) is 0 Å². The highest BCUT2D eigenvalue weighted by Crippen LogP contribution is 1.72. The van der Waals surface area contributed by atoms with E-state index in [1.165, 1.54) is 6.08 Å². The van der Waals surface area contributed by atoms with E-state index in [4.69, 9.17) is 6.11 Å². The maximum atomic E-state index is 6.94. The Morgan fingerprint density at radius 3 is 2.71 bits per heavy atom. The molecule has 0 N–H and O–H groups in total. The van der Waals surface area contributed by atoms with Gasteiger partial charge in [0.05, 0.1) is 14.6 Å². The highest BCUT2D eigenvalue weighted by molar-refractivity contribution is 4.68. The molecule has 0 amide bonds. The molecular weight excluding hydrogens is 88.1 g/mol. The fraction of sp³-hybridized carbons (Fsp3) is 0.333. The van der Waals surface area contributed by atoms with E-state index >= 15 is 0 Å². The molecule has 0 spiro atoms. The molecule has 1 heteroatoms. The Morgan fingerprint density at radius 1 is 1.57 bits per heavy atom. The van der Waals surface area contributed by atoms with E-state index in [-0.39, 0.29) is 0 Å². The first-order valence-corrected chi connectivity index (χ1v) is 2.08. The third kappa shape index (κ3) is 5.44. The summed E-state index contributed by atoms with van der Waals surface area (Å²) in [4.78, 5) is 0. The van der Waals surface area contributed by atoms with Gasteiger partial charge in [0.2, 0.25) is 0 Å². The lowest BCUT2D eigenvalue weighted by Crippen LogP contribution is -1.87. The van der Waals surface area contributed by atoms with Crippen LogP contribution in [-0.2, 0) is 4.74 Å². The van der Waals surface area contributed by atoms with Gasteiger partial charge in [0.1, 0.15) is 0 Å². The van der Waals surface area contributed by atoms with Crippen LogP contribution in [0, 0.1) is 0 Å². The second-order valence-corrected chi connectivity index (χ2v) is 0.994. The number of ether oxygens (including phenoxy) is 1. The SMILES string of the molecule is [2H]C(C=C)OCC=C. The van der Waals surface area contributed by atoms with Gasteiger partial charge in [-0.2, -0.15) is 0 Å². The van der Waals surface area contributed by atoms with Crippen molar-refractivity contribution >= 4 is 0 Å². The van der Waals surface area contributed by atoms with Crippen LogP contribution < -0.4 is 0 Å². The first kappa shape index (κ1) is 4.60. The summed E-state index contributed by atoms with van der Waals surface area (Å²) in [5, 5.41) is 0. The topological polar surface area (TPSA) is 9.23 Å². The lowest BCUT2D eigenvalue weighted by molar-refractivity contribution is 0.194.